The van der Waals surface area contributed by atoms with Crippen LogP contribution >= 0.6 is 0 Å². The normalized spacial score (nSPS) is 14.8. The molecule has 0 radical (unpaired) electrons. The van der Waals surface area contributed by atoms with Gasteiger partial charge in [-0.15, -0.1) is 6.42 Å². The Labute approximate surface area is 79.5 Å². The summed E-state index contributed by atoms with van der Waals surface area (Å²) in [4.78, 5) is 13.1. The molecule has 3 heteroatoms. The van der Waals surface area contributed by atoms with Gasteiger partial charge in [0, 0.05) is 13.1 Å². The van der Waals surface area contributed by atoms with Crippen LogP contribution in [0.25, 0.3) is 0 Å². The number of hydrogen-bond donors (Lipinski definition) is 1. The van der Waals surface area contributed by atoms with E-state index >= 15 is 0 Å². The first kappa shape index (κ1) is 9.91. The maximum Gasteiger partial charge on any atom is 0.318 e. The summed E-state index contributed by atoms with van der Waals surface area (Å²) >= 11 is 0. The Kier molecular flexibility index (Phi) is 3.63. The van der Waals surface area contributed by atoms with Crippen LogP contribution in [0.15, 0.2) is 0 Å². The Morgan fingerprint density at radius 2 is 2.38 bits per heavy atom. The lowest BCUT2D eigenvalue weighted by molar-refractivity contribution is 0.202. The molecule has 0 aliphatic heterocycles. The van der Waals surface area contributed by atoms with Crippen molar-refractivity contribution in [2.45, 2.75) is 19.8 Å². The Balaban J connectivity index is 2.35. The second kappa shape index (κ2) is 4.76. The Morgan fingerprint density at radius 1 is 1.69 bits per heavy atom. The van der Waals surface area contributed by atoms with E-state index in [0.29, 0.717) is 19.0 Å². The topological polar surface area (TPSA) is 32.3 Å². The second-order valence-corrected chi connectivity index (χ2v) is 3.36. The molecule has 0 bridgehead atoms. The van der Waals surface area contributed by atoms with E-state index in [4.69, 9.17) is 6.42 Å². The third-order valence-electron chi connectivity index (χ3n) is 2.07. The third-order valence-corrected chi connectivity index (χ3v) is 2.07. The molecule has 72 valence electrons. The Bertz CT molecular complexity index is 215. The average Bonchev–Trinajstić information content (AvgIpc) is 2.88. The molecule has 0 saturated heterocycles. The van der Waals surface area contributed by atoms with Gasteiger partial charge >= 0.3 is 6.03 Å². The first-order valence-corrected chi connectivity index (χ1v) is 4.74. The number of rotatable bonds is 4. The third kappa shape index (κ3) is 3.37. The van der Waals surface area contributed by atoms with Crippen molar-refractivity contribution in [2.24, 2.45) is 5.92 Å². The molecule has 1 fully saturated rings. The van der Waals surface area contributed by atoms with E-state index in [1.54, 1.807) is 4.90 Å². The van der Waals surface area contributed by atoms with E-state index < -0.39 is 0 Å². The molecule has 1 aliphatic rings. The molecule has 0 aromatic carbocycles. The number of nitrogens with one attached hydrogen (secondary N) is 1. The van der Waals surface area contributed by atoms with Crippen molar-refractivity contribution < 1.29 is 4.79 Å². The Morgan fingerprint density at radius 3 is 2.85 bits per heavy atom. The fourth-order valence-corrected chi connectivity index (χ4v) is 1.20. The SMILES string of the molecule is C#CCN(CC1CC1)C(=O)NCC. The van der Waals surface area contributed by atoms with Gasteiger partial charge in [-0.25, -0.2) is 4.79 Å². The number of carbonyl (C=O) groups is 1. The molecular formula is C10H16N2O. The lowest BCUT2D eigenvalue weighted by Gasteiger charge is -2.19. The molecule has 3 nitrogen and oxygen atoms in total. The molecular weight excluding hydrogens is 164 g/mol. The van der Waals surface area contributed by atoms with E-state index in [9.17, 15) is 4.79 Å². The monoisotopic (exact) mass is 180 g/mol. The molecule has 1 rings (SSSR count). The minimum atomic E-state index is -0.0349. The number of terminal acetylenes is 1. The van der Waals surface area contributed by atoms with Crippen LogP contribution < -0.4 is 5.32 Å². The molecule has 1 saturated carbocycles. The molecule has 2 amide bonds. The lowest BCUT2D eigenvalue weighted by atomic mass is 10.4. The van der Waals surface area contributed by atoms with Crippen LogP contribution in [0.1, 0.15) is 19.8 Å². The molecule has 13 heavy (non-hydrogen) atoms. The van der Waals surface area contributed by atoms with Gasteiger partial charge in [-0.2, -0.15) is 0 Å². The predicted molar refractivity (Wildman–Crippen MR) is 52.2 cm³/mol. The first-order valence-electron chi connectivity index (χ1n) is 4.74. The number of carbonyl (C=O) groups excluding carboxylic acids is 1. The van der Waals surface area contributed by atoms with E-state index in [2.05, 4.69) is 11.2 Å². The number of nitrogens with zero attached hydrogens (tertiary/aromatic N) is 1. The summed E-state index contributed by atoms with van der Waals surface area (Å²) in [6.45, 7) is 3.80. The molecule has 0 atom stereocenters. The van der Waals surface area contributed by atoms with Crippen LogP contribution in [0.2, 0.25) is 0 Å². The maximum absolute atomic E-state index is 11.4. The predicted octanol–water partition coefficient (Wildman–Crippen LogP) is 1.06. The van der Waals surface area contributed by atoms with Crippen LogP contribution in [-0.2, 0) is 0 Å². The smallest absolute Gasteiger partial charge is 0.318 e. The van der Waals surface area contributed by atoms with Gasteiger partial charge in [0.1, 0.15) is 0 Å². The highest BCUT2D eigenvalue weighted by Gasteiger charge is 2.25. The van der Waals surface area contributed by atoms with Crippen molar-refractivity contribution in [2.75, 3.05) is 19.6 Å². The largest absolute Gasteiger partial charge is 0.338 e. The molecule has 0 aromatic heterocycles. The molecule has 0 unspecified atom stereocenters. The van der Waals surface area contributed by atoms with Crippen molar-refractivity contribution in [3.63, 3.8) is 0 Å². The summed E-state index contributed by atoms with van der Waals surface area (Å²) in [5.74, 6) is 3.20. The fraction of sp³-hybridized carbons (Fsp3) is 0.700. The minimum Gasteiger partial charge on any atom is -0.338 e. The van der Waals surface area contributed by atoms with Crippen LogP contribution in [-0.4, -0.2) is 30.6 Å². The maximum atomic E-state index is 11.4. The number of urea groups is 1. The lowest BCUT2D eigenvalue weighted by Crippen LogP contribution is -2.41. The average molecular weight is 180 g/mol. The van der Waals surface area contributed by atoms with Crippen LogP contribution in [0.4, 0.5) is 4.79 Å². The van der Waals surface area contributed by atoms with Gasteiger partial charge in [0.05, 0.1) is 6.54 Å². The zero-order valence-electron chi connectivity index (χ0n) is 8.05. The zero-order valence-corrected chi connectivity index (χ0v) is 8.05. The molecule has 1 aliphatic carbocycles. The van der Waals surface area contributed by atoms with Crippen LogP contribution in [0, 0.1) is 18.3 Å². The van der Waals surface area contributed by atoms with Crippen LogP contribution in [0.5, 0.6) is 0 Å². The van der Waals surface area contributed by atoms with Crippen LogP contribution in [0.3, 0.4) is 0 Å². The summed E-state index contributed by atoms with van der Waals surface area (Å²) in [7, 11) is 0. The highest BCUT2D eigenvalue weighted by atomic mass is 16.2. The summed E-state index contributed by atoms with van der Waals surface area (Å²) in [5.41, 5.74) is 0. The summed E-state index contributed by atoms with van der Waals surface area (Å²) < 4.78 is 0. The van der Waals surface area contributed by atoms with Gasteiger partial charge in [-0.05, 0) is 25.7 Å². The standard InChI is InChI=1S/C10H16N2O/c1-3-7-12(8-9-5-6-9)10(13)11-4-2/h1,9H,4-8H2,2H3,(H,11,13). The minimum absolute atomic E-state index is 0.0349. The van der Waals surface area contributed by atoms with E-state index in [1.807, 2.05) is 6.92 Å². The van der Waals surface area contributed by atoms with Gasteiger partial charge in [0.25, 0.3) is 0 Å². The quantitative estimate of drug-likeness (QED) is 0.645. The van der Waals surface area contributed by atoms with Gasteiger partial charge in [-0.1, -0.05) is 5.92 Å². The summed E-state index contributed by atoms with van der Waals surface area (Å²) in [6, 6.07) is -0.0349. The van der Waals surface area contributed by atoms with E-state index in [-0.39, 0.29) is 6.03 Å². The fourth-order valence-electron chi connectivity index (χ4n) is 1.20. The summed E-state index contributed by atoms with van der Waals surface area (Å²) in [5, 5.41) is 2.76. The molecule has 0 aromatic rings. The molecule has 0 heterocycles. The highest BCUT2D eigenvalue weighted by molar-refractivity contribution is 5.74. The molecule has 1 N–H and O–H groups in total. The Hall–Kier alpha value is -1.17. The van der Waals surface area contributed by atoms with Crippen molar-refractivity contribution >= 4 is 6.03 Å². The van der Waals surface area contributed by atoms with Crippen molar-refractivity contribution in [1.29, 1.82) is 0 Å². The zero-order chi connectivity index (χ0) is 9.68. The van der Waals surface area contributed by atoms with E-state index in [1.165, 1.54) is 12.8 Å². The van der Waals surface area contributed by atoms with Gasteiger partial charge in [0.15, 0.2) is 0 Å². The van der Waals surface area contributed by atoms with Gasteiger partial charge in [-0.3, -0.25) is 0 Å². The van der Waals surface area contributed by atoms with Crippen molar-refractivity contribution in [3.05, 3.63) is 0 Å². The highest BCUT2D eigenvalue weighted by Crippen LogP contribution is 2.29. The van der Waals surface area contributed by atoms with Crippen molar-refractivity contribution in [3.8, 4) is 12.3 Å². The summed E-state index contributed by atoms with van der Waals surface area (Å²) in [6.07, 6.45) is 7.66. The number of hydrogen-bond acceptors (Lipinski definition) is 1. The van der Waals surface area contributed by atoms with Gasteiger partial charge in [0.2, 0.25) is 0 Å². The molecule has 0 spiro atoms. The van der Waals surface area contributed by atoms with E-state index in [0.717, 1.165) is 6.54 Å². The van der Waals surface area contributed by atoms with Gasteiger partial charge < -0.3 is 10.2 Å². The second-order valence-electron chi connectivity index (χ2n) is 3.36. The van der Waals surface area contributed by atoms with Crippen molar-refractivity contribution in [1.82, 2.24) is 10.2 Å². The first-order chi connectivity index (χ1) is 6.27. The number of amides is 2.